The van der Waals surface area contributed by atoms with E-state index in [1.807, 2.05) is 6.07 Å². The third-order valence-electron chi connectivity index (χ3n) is 2.20. The van der Waals surface area contributed by atoms with Gasteiger partial charge in [-0.1, -0.05) is 12.1 Å². The van der Waals surface area contributed by atoms with Crippen molar-refractivity contribution in [1.29, 1.82) is 0 Å². The fourth-order valence-electron chi connectivity index (χ4n) is 1.56. The molecule has 0 aliphatic heterocycles. The van der Waals surface area contributed by atoms with Gasteiger partial charge >= 0.3 is 6.36 Å². The van der Waals surface area contributed by atoms with Crippen LogP contribution in [-0.2, 0) is 6.54 Å². The van der Waals surface area contributed by atoms with Gasteiger partial charge in [-0.25, -0.2) is 0 Å². The van der Waals surface area contributed by atoms with E-state index in [0.29, 0.717) is 6.54 Å². The van der Waals surface area contributed by atoms with E-state index in [4.69, 9.17) is 0 Å². The Balaban J connectivity index is 2.65. The lowest BCUT2D eigenvalue weighted by Gasteiger charge is -2.11. The molecular weight excluding hydrogens is 243 g/mol. The van der Waals surface area contributed by atoms with Gasteiger partial charge in [-0.3, -0.25) is 0 Å². The molecule has 0 aromatic heterocycles. The number of aryl methyl sites for hydroxylation is 1. The predicted molar refractivity (Wildman–Crippen MR) is 64.4 cm³/mol. The molecule has 0 bridgehead atoms. The second kappa shape index (κ2) is 6.44. The number of ether oxygens (including phenoxy) is 1. The molecule has 1 rings (SSSR count). The van der Waals surface area contributed by atoms with E-state index < -0.39 is 6.36 Å². The molecule has 0 heterocycles. The maximum atomic E-state index is 12.1. The van der Waals surface area contributed by atoms with Gasteiger partial charge in [0.15, 0.2) is 0 Å². The first-order valence-electron chi connectivity index (χ1n) is 5.58. The highest BCUT2D eigenvalue weighted by Crippen LogP contribution is 2.24. The molecule has 18 heavy (non-hydrogen) atoms. The topological polar surface area (TPSA) is 21.3 Å². The summed E-state index contributed by atoms with van der Waals surface area (Å²) in [6.45, 7) is 6.57. The van der Waals surface area contributed by atoms with Crippen LogP contribution in [-0.4, -0.2) is 12.9 Å². The Labute approximate surface area is 104 Å². The van der Waals surface area contributed by atoms with E-state index in [9.17, 15) is 13.2 Å². The summed E-state index contributed by atoms with van der Waals surface area (Å²) < 4.78 is 40.2. The molecule has 0 saturated heterocycles. The van der Waals surface area contributed by atoms with Crippen LogP contribution in [0, 0.1) is 6.92 Å². The van der Waals surface area contributed by atoms with Gasteiger partial charge < -0.3 is 10.1 Å². The fraction of sp³-hybridized carbons (Fsp3) is 0.385. The van der Waals surface area contributed by atoms with Crippen molar-refractivity contribution in [2.75, 3.05) is 6.54 Å². The number of halogens is 3. The van der Waals surface area contributed by atoms with E-state index in [2.05, 4.69) is 16.6 Å². The molecule has 0 aliphatic carbocycles. The fourth-order valence-corrected chi connectivity index (χ4v) is 1.56. The van der Waals surface area contributed by atoms with E-state index in [0.717, 1.165) is 24.1 Å². The highest BCUT2D eigenvalue weighted by atomic mass is 19.4. The minimum absolute atomic E-state index is 0.178. The van der Waals surface area contributed by atoms with Crippen molar-refractivity contribution in [3.8, 4) is 5.75 Å². The van der Waals surface area contributed by atoms with Crippen molar-refractivity contribution < 1.29 is 17.9 Å². The van der Waals surface area contributed by atoms with Crippen molar-refractivity contribution in [2.45, 2.75) is 26.3 Å². The number of hydrogen-bond donors (Lipinski definition) is 1. The Kier molecular flexibility index (Phi) is 5.22. The molecule has 2 nitrogen and oxygen atoms in total. The summed E-state index contributed by atoms with van der Waals surface area (Å²) in [5, 5.41) is 3.11. The summed E-state index contributed by atoms with van der Waals surface area (Å²) in [5.74, 6) is -0.178. The average Bonchev–Trinajstić information content (AvgIpc) is 2.21. The highest BCUT2D eigenvalue weighted by molar-refractivity contribution is 5.33. The molecule has 1 N–H and O–H groups in total. The van der Waals surface area contributed by atoms with Crippen LogP contribution in [0.5, 0.6) is 5.75 Å². The van der Waals surface area contributed by atoms with Crippen LogP contribution in [0.3, 0.4) is 0 Å². The number of hydrogen-bond acceptors (Lipinski definition) is 2. The number of rotatable bonds is 6. The Morgan fingerprint density at radius 1 is 1.33 bits per heavy atom. The zero-order chi connectivity index (χ0) is 13.6. The monoisotopic (exact) mass is 259 g/mol. The zero-order valence-electron chi connectivity index (χ0n) is 10.2. The van der Waals surface area contributed by atoms with Gasteiger partial charge in [-0.15, -0.1) is 19.8 Å². The second-order valence-corrected chi connectivity index (χ2v) is 3.96. The van der Waals surface area contributed by atoms with Gasteiger partial charge in [0.2, 0.25) is 0 Å². The molecule has 5 heteroatoms. The predicted octanol–water partition coefficient (Wildman–Crippen LogP) is 3.56. The van der Waals surface area contributed by atoms with Crippen LogP contribution in [0.4, 0.5) is 13.2 Å². The van der Waals surface area contributed by atoms with Crippen LogP contribution >= 0.6 is 0 Å². The van der Waals surface area contributed by atoms with Crippen LogP contribution in [0.1, 0.15) is 17.5 Å². The normalized spacial score (nSPS) is 11.3. The lowest BCUT2D eigenvalue weighted by atomic mass is 10.1. The number of nitrogens with one attached hydrogen (secondary N) is 1. The van der Waals surface area contributed by atoms with Crippen molar-refractivity contribution in [1.82, 2.24) is 5.32 Å². The molecular formula is C13H16F3NO. The molecule has 0 amide bonds. The highest BCUT2D eigenvalue weighted by Gasteiger charge is 2.31. The third kappa shape index (κ3) is 5.72. The molecule has 0 radical (unpaired) electrons. The number of benzene rings is 1. The Morgan fingerprint density at radius 3 is 2.67 bits per heavy atom. The largest absolute Gasteiger partial charge is 0.573 e. The summed E-state index contributed by atoms with van der Waals surface area (Å²) in [4.78, 5) is 0. The zero-order valence-corrected chi connectivity index (χ0v) is 10.2. The standard InChI is InChI=1S/C13H16F3NO/c1-3-4-5-17-9-11-6-10(2)7-12(8-11)18-13(14,15)16/h3,6-8,17H,1,4-5,9H2,2H3. The quantitative estimate of drug-likeness (QED) is 0.623. The first-order valence-corrected chi connectivity index (χ1v) is 5.58. The van der Waals surface area contributed by atoms with Gasteiger partial charge in [0.25, 0.3) is 0 Å². The lowest BCUT2D eigenvalue weighted by molar-refractivity contribution is -0.274. The maximum Gasteiger partial charge on any atom is 0.573 e. The summed E-state index contributed by atoms with van der Waals surface area (Å²) in [7, 11) is 0. The van der Waals surface area contributed by atoms with Crippen molar-refractivity contribution >= 4 is 0 Å². The van der Waals surface area contributed by atoms with E-state index in [1.165, 1.54) is 12.1 Å². The molecule has 1 aromatic rings. The van der Waals surface area contributed by atoms with Gasteiger partial charge in [-0.2, -0.15) is 0 Å². The summed E-state index contributed by atoms with van der Waals surface area (Å²) in [6.07, 6.45) is -2.06. The van der Waals surface area contributed by atoms with Gasteiger partial charge in [-0.05, 0) is 43.1 Å². The molecule has 0 spiro atoms. The second-order valence-electron chi connectivity index (χ2n) is 3.96. The minimum atomic E-state index is -4.65. The molecule has 0 atom stereocenters. The van der Waals surface area contributed by atoms with Crippen molar-refractivity contribution in [2.24, 2.45) is 0 Å². The number of alkyl halides is 3. The molecule has 1 aromatic carbocycles. The SMILES string of the molecule is C=CCCNCc1cc(C)cc(OC(F)(F)F)c1. The molecule has 100 valence electrons. The summed E-state index contributed by atoms with van der Waals surface area (Å²) >= 11 is 0. The Bertz CT molecular complexity index is 402. The lowest BCUT2D eigenvalue weighted by Crippen LogP contribution is -2.18. The van der Waals surface area contributed by atoms with Crippen LogP contribution in [0.25, 0.3) is 0 Å². The van der Waals surface area contributed by atoms with Crippen LogP contribution < -0.4 is 10.1 Å². The van der Waals surface area contributed by atoms with E-state index in [-0.39, 0.29) is 5.75 Å². The first kappa shape index (κ1) is 14.6. The third-order valence-corrected chi connectivity index (χ3v) is 2.20. The Morgan fingerprint density at radius 2 is 2.06 bits per heavy atom. The van der Waals surface area contributed by atoms with Crippen molar-refractivity contribution in [3.05, 3.63) is 42.0 Å². The smallest absolute Gasteiger partial charge is 0.406 e. The van der Waals surface area contributed by atoms with Gasteiger partial charge in [0.1, 0.15) is 5.75 Å². The summed E-state index contributed by atoms with van der Waals surface area (Å²) in [5.41, 5.74) is 1.50. The van der Waals surface area contributed by atoms with E-state index in [1.54, 1.807) is 13.0 Å². The van der Waals surface area contributed by atoms with Gasteiger partial charge in [0, 0.05) is 6.54 Å². The molecule has 0 aliphatic rings. The van der Waals surface area contributed by atoms with Gasteiger partial charge in [0.05, 0.1) is 0 Å². The van der Waals surface area contributed by atoms with Crippen molar-refractivity contribution in [3.63, 3.8) is 0 Å². The average molecular weight is 259 g/mol. The maximum absolute atomic E-state index is 12.1. The Hall–Kier alpha value is -1.49. The molecule has 0 saturated carbocycles. The van der Waals surface area contributed by atoms with E-state index >= 15 is 0 Å². The van der Waals surface area contributed by atoms with Crippen LogP contribution in [0.15, 0.2) is 30.9 Å². The molecule has 0 unspecified atom stereocenters. The van der Waals surface area contributed by atoms with Crippen LogP contribution in [0.2, 0.25) is 0 Å². The summed E-state index contributed by atoms with van der Waals surface area (Å²) in [6, 6.07) is 4.58. The first-order chi connectivity index (χ1) is 8.40. The molecule has 0 fully saturated rings. The minimum Gasteiger partial charge on any atom is -0.406 e.